The number of hydrogen-bond donors (Lipinski definition) is 2. The zero-order valence-corrected chi connectivity index (χ0v) is 11.9. The number of rotatable bonds is 4. The molecule has 0 spiro atoms. The number of carbonyl (C=O) groups excluding carboxylic acids is 1. The molecule has 104 valence electrons. The van der Waals surface area contributed by atoms with Gasteiger partial charge in [0, 0.05) is 17.8 Å². The minimum absolute atomic E-state index is 0.0157. The molecule has 0 bridgehead atoms. The van der Waals surface area contributed by atoms with Gasteiger partial charge in [-0.3, -0.25) is 4.79 Å². The number of carbonyl (C=O) groups is 1. The highest BCUT2D eigenvalue weighted by Crippen LogP contribution is 2.20. The van der Waals surface area contributed by atoms with E-state index >= 15 is 0 Å². The maximum atomic E-state index is 12.0. The van der Waals surface area contributed by atoms with E-state index in [1.54, 1.807) is 0 Å². The fourth-order valence-electron chi connectivity index (χ4n) is 2.14. The van der Waals surface area contributed by atoms with Crippen molar-refractivity contribution in [1.29, 1.82) is 0 Å². The lowest BCUT2D eigenvalue weighted by molar-refractivity contribution is -0.116. The van der Waals surface area contributed by atoms with Gasteiger partial charge >= 0.3 is 0 Å². The molecule has 0 unspecified atom stereocenters. The first kappa shape index (κ1) is 14.1. The zero-order chi connectivity index (χ0) is 14.5. The van der Waals surface area contributed by atoms with Gasteiger partial charge in [0.2, 0.25) is 5.91 Å². The molecule has 3 N–H and O–H groups in total. The fraction of sp³-hybridized carbons (Fsp3) is 0.235. The second-order valence-electron chi connectivity index (χ2n) is 4.99. The second kappa shape index (κ2) is 6.24. The highest BCUT2D eigenvalue weighted by atomic mass is 16.1. The number of benzene rings is 2. The molecule has 1 amide bonds. The molecule has 2 aromatic rings. The molecular formula is C17H20N2O. The SMILES string of the molecule is Cc1ccccc1CCC(=O)Nc1cccc(N)c1C. The Morgan fingerprint density at radius 2 is 1.85 bits per heavy atom. The Balaban J connectivity index is 1.96. The van der Waals surface area contributed by atoms with E-state index in [1.165, 1.54) is 11.1 Å². The Morgan fingerprint density at radius 3 is 2.60 bits per heavy atom. The van der Waals surface area contributed by atoms with Crippen molar-refractivity contribution in [1.82, 2.24) is 0 Å². The summed E-state index contributed by atoms with van der Waals surface area (Å²) in [7, 11) is 0. The van der Waals surface area contributed by atoms with Crippen LogP contribution >= 0.6 is 0 Å². The molecule has 0 radical (unpaired) electrons. The second-order valence-corrected chi connectivity index (χ2v) is 4.99. The summed E-state index contributed by atoms with van der Waals surface area (Å²) in [6.07, 6.45) is 1.22. The van der Waals surface area contributed by atoms with Crippen molar-refractivity contribution in [3.05, 3.63) is 59.2 Å². The summed E-state index contributed by atoms with van der Waals surface area (Å²) in [6, 6.07) is 13.7. The molecule has 0 aromatic heterocycles. The monoisotopic (exact) mass is 268 g/mol. The molecule has 3 nitrogen and oxygen atoms in total. The van der Waals surface area contributed by atoms with Crippen LogP contribution in [0.25, 0.3) is 0 Å². The third-order valence-electron chi connectivity index (χ3n) is 3.53. The molecule has 0 aliphatic rings. The fourth-order valence-corrected chi connectivity index (χ4v) is 2.14. The minimum Gasteiger partial charge on any atom is -0.398 e. The Labute approximate surface area is 119 Å². The summed E-state index contributed by atoms with van der Waals surface area (Å²) in [4.78, 5) is 12.0. The largest absolute Gasteiger partial charge is 0.398 e. The van der Waals surface area contributed by atoms with Gasteiger partial charge in [0.1, 0.15) is 0 Å². The molecule has 0 heterocycles. The molecule has 0 saturated heterocycles. The molecule has 0 fully saturated rings. The van der Waals surface area contributed by atoms with Crippen LogP contribution in [0.5, 0.6) is 0 Å². The average molecular weight is 268 g/mol. The van der Waals surface area contributed by atoms with E-state index in [0.29, 0.717) is 12.1 Å². The van der Waals surface area contributed by atoms with E-state index in [2.05, 4.69) is 24.4 Å². The topological polar surface area (TPSA) is 55.1 Å². The Kier molecular flexibility index (Phi) is 4.41. The molecule has 20 heavy (non-hydrogen) atoms. The van der Waals surface area contributed by atoms with Crippen LogP contribution < -0.4 is 11.1 Å². The van der Waals surface area contributed by atoms with Crippen LogP contribution in [0.1, 0.15) is 23.1 Å². The van der Waals surface area contributed by atoms with Crippen molar-refractivity contribution in [2.45, 2.75) is 26.7 Å². The first-order chi connectivity index (χ1) is 9.58. The molecule has 0 saturated carbocycles. The van der Waals surface area contributed by atoms with Crippen LogP contribution in [-0.4, -0.2) is 5.91 Å². The van der Waals surface area contributed by atoms with Crippen LogP contribution in [0, 0.1) is 13.8 Å². The Morgan fingerprint density at radius 1 is 1.10 bits per heavy atom. The third-order valence-corrected chi connectivity index (χ3v) is 3.53. The first-order valence-corrected chi connectivity index (χ1v) is 6.77. The van der Waals surface area contributed by atoms with Gasteiger partial charge in [0.15, 0.2) is 0 Å². The van der Waals surface area contributed by atoms with E-state index < -0.39 is 0 Å². The van der Waals surface area contributed by atoms with Gasteiger partial charge in [-0.1, -0.05) is 30.3 Å². The quantitative estimate of drug-likeness (QED) is 0.834. The van der Waals surface area contributed by atoms with Crippen LogP contribution in [-0.2, 0) is 11.2 Å². The maximum Gasteiger partial charge on any atom is 0.224 e. The van der Waals surface area contributed by atoms with E-state index in [1.807, 2.05) is 37.3 Å². The summed E-state index contributed by atoms with van der Waals surface area (Å²) < 4.78 is 0. The van der Waals surface area contributed by atoms with Crippen LogP contribution in [0.3, 0.4) is 0 Å². The standard InChI is InChI=1S/C17H20N2O/c1-12-6-3-4-7-14(12)10-11-17(20)19-16-9-5-8-15(18)13(16)2/h3-9H,10-11,18H2,1-2H3,(H,19,20). The third kappa shape index (κ3) is 3.38. The summed E-state index contributed by atoms with van der Waals surface area (Å²) in [6.45, 7) is 3.97. The number of nitrogens with one attached hydrogen (secondary N) is 1. The van der Waals surface area contributed by atoms with Gasteiger partial charge in [0.05, 0.1) is 0 Å². The van der Waals surface area contributed by atoms with Gasteiger partial charge in [-0.15, -0.1) is 0 Å². The van der Waals surface area contributed by atoms with E-state index in [4.69, 9.17) is 5.73 Å². The van der Waals surface area contributed by atoms with Gasteiger partial charge < -0.3 is 11.1 Å². The van der Waals surface area contributed by atoms with Crippen LogP contribution in [0.2, 0.25) is 0 Å². The number of anilines is 2. The molecular weight excluding hydrogens is 248 g/mol. The average Bonchev–Trinajstić information content (AvgIpc) is 2.43. The number of nitrogens with two attached hydrogens (primary N) is 1. The van der Waals surface area contributed by atoms with E-state index in [9.17, 15) is 4.79 Å². The van der Waals surface area contributed by atoms with Gasteiger partial charge in [-0.25, -0.2) is 0 Å². The zero-order valence-electron chi connectivity index (χ0n) is 11.9. The molecule has 2 rings (SSSR count). The van der Waals surface area contributed by atoms with Crippen molar-refractivity contribution in [3.8, 4) is 0 Å². The summed E-state index contributed by atoms with van der Waals surface area (Å²) in [5.41, 5.74) is 10.7. The predicted octanol–water partition coefficient (Wildman–Crippen LogP) is 3.46. The van der Waals surface area contributed by atoms with E-state index in [0.717, 1.165) is 17.7 Å². The summed E-state index contributed by atoms with van der Waals surface area (Å²) >= 11 is 0. The lowest BCUT2D eigenvalue weighted by atomic mass is 10.0. The summed E-state index contributed by atoms with van der Waals surface area (Å²) in [5, 5.41) is 2.92. The smallest absolute Gasteiger partial charge is 0.224 e. The summed E-state index contributed by atoms with van der Waals surface area (Å²) in [5.74, 6) is 0.0157. The first-order valence-electron chi connectivity index (χ1n) is 6.77. The minimum atomic E-state index is 0.0157. The maximum absolute atomic E-state index is 12.0. The molecule has 0 aliphatic heterocycles. The van der Waals surface area contributed by atoms with E-state index in [-0.39, 0.29) is 5.91 Å². The highest BCUT2D eigenvalue weighted by Gasteiger charge is 2.07. The van der Waals surface area contributed by atoms with Gasteiger partial charge in [0.25, 0.3) is 0 Å². The number of nitrogen functional groups attached to an aromatic ring is 1. The highest BCUT2D eigenvalue weighted by molar-refractivity contribution is 5.92. The molecule has 3 heteroatoms. The predicted molar refractivity (Wildman–Crippen MR) is 83.7 cm³/mol. The van der Waals surface area contributed by atoms with Crippen LogP contribution in [0.4, 0.5) is 11.4 Å². The molecule has 0 aliphatic carbocycles. The Hall–Kier alpha value is -2.29. The molecule has 0 atom stereocenters. The number of aryl methyl sites for hydroxylation is 2. The van der Waals surface area contributed by atoms with Crippen molar-refractivity contribution >= 4 is 17.3 Å². The van der Waals surface area contributed by atoms with Gasteiger partial charge in [-0.05, 0) is 49.1 Å². The van der Waals surface area contributed by atoms with Crippen molar-refractivity contribution in [2.75, 3.05) is 11.1 Å². The number of hydrogen-bond acceptors (Lipinski definition) is 2. The van der Waals surface area contributed by atoms with Crippen LogP contribution in [0.15, 0.2) is 42.5 Å². The van der Waals surface area contributed by atoms with Crippen molar-refractivity contribution in [3.63, 3.8) is 0 Å². The van der Waals surface area contributed by atoms with Gasteiger partial charge in [-0.2, -0.15) is 0 Å². The normalized spacial score (nSPS) is 10.3. The lowest BCUT2D eigenvalue weighted by Gasteiger charge is -2.10. The Bertz CT molecular complexity index is 620. The lowest BCUT2D eigenvalue weighted by Crippen LogP contribution is -2.13. The molecule has 2 aromatic carbocycles. The van der Waals surface area contributed by atoms with Crippen molar-refractivity contribution < 1.29 is 4.79 Å². The number of amides is 1. The van der Waals surface area contributed by atoms with Crippen molar-refractivity contribution in [2.24, 2.45) is 0 Å².